The first-order valence-corrected chi connectivity index (χ1v) is 17.6. The topological polar surface area (TPSA) is 150 Å². The fourth-order valence-corrected chi connectivity index (χ4v) is 10.3. The molecule has 3 fully saturated rings. The summed E-state index contributed by atoms with van der Waals surface area (Å²) >= 11 is 0. The molecule has 0 bridgehead atoms. The number of hydrogen-bond acceptors (Lipinski definition) is 10. The maximum absolute atomic E-state index is 14.8. The minimum absolute atomic E-state index is 0.0290. The Hall–Kier alpha value is -2.88. The van der Waals surface area contributed by atoms with Crippen molar-refractivity contribution in [1.29, 1.82) is 0 Å². The fourth-order valence-electron chi connectivity index (χ4n) is 10.3. The summed E-state index contributed by atoms with van der Waals surface area (Å²) < 4.78 is 17.1. The number of carbonyl (C=O) groups is 6. The van der Waals surface area contributed by atoms with E-state index < -0.39 is 74.7 Å². The molecule has 10 heteroatoms. The molecule has 4 aliphatic rings. The highest BCUT2D eigenvalue weighted by Gasteiger charge is 2.75. The smallest absolute Gasteiger partial charge is 0.306 e. The zero-order chi connectivity index (χ0) is 36.4. The molecule has 0 radical (unpaired) electrons. The summed E-state index contributed by atoms with van der Waals surface area (Å²) in [6.45, 7) is 19.2. The van der Waals surface area contributed by atoms with Crippen molar-refractivity contribution in [2.24, 2.45) is 39.4 Å². The van der Waals surface area contributed by atoms with Crippen molar-refractivity contribution in [3.8, 4) is 0 Å². The summed E-state index contributed by atoms with van der Waals surface area (Å²) in [4.78, 5) is 79.3. The molecule has 0 saturated heterocycles. The highest BCUT2D eigenvalue weighted by atomic mass is 16.6. The van der Waals surface area contributed by atoms with E-state index in [9.17, 15) is 33.9 Å². The number of hydrogen-bond donors (Lipinski definition) is 1. The molecule has 3 saturated carbocycles. The van der Waals surface area contributed by atoms with E-state index in [4.69, 9.17) is 14.2 Å². The summed E-state index contributed by atoms with van der Waals surface area (Å²) in [5.41, 5.74) is -5.53. The minimum atomic E-state index is -1.97. The van der Waals surface area contributed by atoms with E-state index in [2.05, 4.69) is 13.0 Å². The second kappa shape index (κ2) is 12.5. The van der Waals surface area contributed by atoms with Crippen LogP contribution < -0.4 is 0 Å². The van der Waals surface area contributed by atoms with Gasteiger partial charge in [0.05, 0.1) is 0 Å². The molecule has 0 amide bonds. The first-order valence-electron chi connectivity index (χ1n) is 17.6. The number of Topliss-reactive ketones (excluding diaryl/α,β-unsaturated/α-hetero) is 3. The Balaban J connectivity index is 1.79. The van der Waals surface area contributed by atoms with Gasteiger partial charge in [-0.3, -0.25) is 28.8 Å². The van der Waals surface area contributed by atoms with Crippen molar-refractivity contribution in [3.63, 3.8) is 0 Å². The van der Waals surface area contributed by atoms with E-state index >= 15 is 0 Å². The van der Waals surface area contributed by atoms with Crippen molar-refractivity contribution in [1.82, 2.24) is 0 Å². The normalized spacial score (nSPS) is 36.8. The van der Waals surface area contributed by atoms with Crippen LogP contribution in [-0.2, 0) is 43.0 Å². The van der Waals surface area contributed by atoms with Crippen LogP contribution >= 0.6 is 0 Å². The number of carbonyl (C=O) groups excluding carboxylic acids is 6. The van der Waals surface area contributed by atoms with Gasteiger partial charge in [-0.25, -0.2) is 0 Å². The number of esters is 3. The summed E-state index contributed by atoms with van der Waals surface area (Å²) in [5, 5.41) is 12.3. The highest BCUT2D eigenvalue weighted by molar-refractivity contribution is 5.96. The largest absolute Gasteiger partial charge is 0.462 e. The van der Waals surface area contributed by atoms with Crippen LogP contribution in [-0.4, -0.2) is 63.8 Å². The average molecular weight is 673 g/mol. The third-order valence-electron chi connectivity index (χ3n) is 13.0. The summed E-state index contributed by atoms with van der Waals surface area (Å²) in [5.74, 6) is -3.63. The summed E-state index contributed by atoms with van der Waals surface area (Å²) in [6, 6.07) is 0. The summed E-state index contributed by atoms with van der Waals surface area (Å²) in [6.07, 6.45) is 1.66. The molecule has 1 N–H and O–H groups in total. The molecule has 0 aromatic rings. The number of fused-ring (bicyclic) bond motifs is 5. The average Bonchev–Trinajstić information content (AvgIpc) is 3.20. The van der Waals surface area contributed by atoms with Crippen molar-refractivity contribution in [2.45, 2.75) is 151 Å². The lowest BCUT2D eigenvalue weighted by molar-refractivity contribution is -0.188. The molecule has 9 atom stereocenters. The lowest BCUT2D eigenvalue weighted by atomic mass is 9.38. The lowest BCUT2D eigenvalue weighted by Crippen LogP contribution is -2.65. The number of aliphatic hydroxyl groups is 1. The van der Waals surface area contributed by atoms with Crippen LogP contribution in [0.5, 0.6) is 0 Å². The van der Waals surface area contributed by atoms with E-state index in [-0.39, 0.29) is 61.9 Å². The summed E-state index contributed by atoms with van der Waals surface area (Å²) in [7, 11) is 0. The maximum Gasteiger partial charge on any atom is 0.306 e. The molecule has 4 rings (SSSR count). The van der Waals surface area contributed by atoms with Crippen LogP contribution in [0.4, 0.5) is 0 Å². The minimum Gasteiger partial charge on any atom is -0.462 e. The second-order valence-corrected chi connectivity index (χ2v) is 16.8. The van der Waals surface area contributed by atoms with Crippen molar-refractivity contribution in [3.05, 3.63) is 11.6 Å². The SMILES string of the molecule is CCC(=O)O[C@H]1C[C@@H]2C(=CC[C@@H]3[C@@]2(C)C(=O)C[C@]2(C)[C@@H]([C@@](C)(O)C(=O)CCC(C)(C)OC(C)=O)[C@H](OC(=O)CC)C[C@@]32C)C(C)(C)C1=O. The van der Waals surface area contributed by atoms with Crippen molar-refractivity contribution < 1.29 is 48.1 Å². The predicted octanol–water partition coefficient (Wildman–Crippen LogP) is 5.65. The monoisotopic (exact) mass is 672 g/mol. The van der Waals surface area contributed by atoms with Crippen LogP contribution in [0.2, 0.25) is 0 Å². The molecule has 0 aromatic heterocycles. The molecule has 4 aliphatic carbocycles. The van der Waals surface area contributed by atoms with Crippen molar-refractivity contribution in [2.75, 3.05) is 0 Å². The van der Waals surface area contributed by atoms with Gasteiger partial charge in [0.1, 0.15) is 23.1 Å². The fraction of sp³-hybridized carbons (Fsp3) is 0.789. The number of ether oxygens (including phenoxy) is 3. The Morgan fingerprint density at radius 3 is 2.08 bits per heavy atom. The van der Waals surface area contributed by atoms with E-state index in [0.29, 0.717) is 12.8 Å². The lowest BCUT2D eigenvalue weighted by Gasteiger charge is -2.64. The quantitative estimate of drug-likeness (QED) is 0.175. The molecule has 0 aromatic carbocycles. The second-order valence-electron chi connectivity index (χ2n) is 16.8. The van der Waals surface area contributed by atoms with Gasteiger partial charge in [0, 0.05) is 49.4 Å². The first kappa shape index (κ1) is 37.9. The Labute approximate surface area is 285 Å². The molecular weight excluding hydrogens is 616 g/mol. The van der Waals surface area contributed by atoms with Gasteiger partial charge in [0.25, 0.3) is 0 Å². The third kappa shape index (κ3) is 5.87. The third-order valence-corrected chi connectivity index (χ3v) is 13.0. The first-order chi connectivity index (χ1) is 21.9. The van der Waals surface area contributed by atoms with Gasteiger partial charge in [-0.05, 0) is 83.0 Å². The van der Waals surface area contributed by atoms with Gasteiger partial charge >= 0.3 is 17.9 Å². The Morgan fingerprint density at radius 1 is 0.938 bits per heavy atom. The Morgan fingerprint density at radius 2 is 1.52 bits per heavy atom. The van der Waals surface area contributed by atoms with Crippen LogP contribution in [0.25, 0.3) is 0 Å². The molecule has 48 heavy (non-hydrogen) atoms. The van der Waals surface area contributed by atoms with Gasteiger partial charge in [-0.1, -0.05) is 46.3 Å². The van der Waals surface area contributed by atoms with Gasteiger partial charge < -0.3 is 19.3 Å². The predicted molar refractivity (Wildman–Crippen MR) is 176 cm³/mol. The molecule has 10 nitrogen and oxygen atoms in total. The maximum atomic E-state index is 14.8. The molecule has 0 aliphatic heterocycles. The molecule has 268 valence electrons. The number of rotatable bonds is 10. The zero-order valence-electron chi connectivity index (χ0n) is 30.7. The van der Waals surface area contributed by atoms with E-state index in [1.54, 1.807) is 27.7 Å². The van der Waals surface area contributed by atoms with E-state index in [0.717, 1.165) is 5.57 Å². The van der Waals surface area contributed by atoms with Crippen LogP contribution in [0.15, 0.2) is 11.6 Å². The molecule has 0 heterocycles. The highest BCUT2D eigenvalue weighted by Crippen LogP contribution is 2.74. The number of ketones is 3. The number of allylic oxidation sites excluding steroid dienone is 2. The van der Waals surface area contributed by atoms with Crippen LogP contribution in [0.1, 0.15) is 128 Å². The van der Waals surface area contributed by atoms with Gasteiger partial charge in [0.15, 0.2) is 17.7 Å². The van der Waals surface area contributed by atoms with Crippen LogP contribution in [0.3, 0.4) is 0 Å². The van der Waals surface area contributed by atoms with Gasteiger partial charge in [-0.2, -0.15) is 0 Å². The van der Waals surface area contributed by atoms with Crippen LogP contribution in [0, 0.1) is 39.4 Å². The molecular formula is C38H56O10. The van der Waals surface area contributed by atoms with E-state index in [1.807, 2.05) is 27.7 Å². The van der Waals surface area contributed by atoms with Gasteiger partial charge in [-0.15, -0.1) is 0 Å². The standard InChI is InChI=1S/C38H56O10/c1-12-29(42)46-24-18-23-22(34(6,7)32(24)44)14-15-26-35(8)19-25(47-30(43)13-2)31(36(35,9)20-28(41)37(23,26)10)38(11,45)27(40)16-17-33(4,5)48-21(3)39/h14,23-26,31,45H,12-13,15-20H2,1-11H3/t23-,24+,25-,26+,31+,35+,36-,37+,38+/m1/s1. The Bertz CT molecular complexity index is 1420. The Kier molecular flexibility index (Phi) is 9.85. The molecule has 0 unspecified atom stereocenters. The molecule has 0 spiro atoms. The zero-order valence-corrected chi connectivity index (χ0v) is 30.7. The van der Waals surface area contributed by atoms with Gasteiger partial charge in [0.2, 0.25) is 0 Å². The van der Waals surface area contributed by atoms with E-state index in [1.165, 1.54) is 13.8 Å². The van der Waals surface area contributed by atoms with Crippen molar-refractivity contribution >= 4 is 35.3 Å².